The predicted molar refractivity (Wildman–Crippen MR) is 121 cm³/mol. The lowest BCUT2D eigenvalue weighted by atomic mass is 9.79. The number of carbonyl (C=O) groups excluding carboxylic acids is 2. The van der Waals surface area contributed by atoms with Crippen LogP contribution >= 0.6 is 11.8 Å². The highest BCUT2D eigenvalue weighted by Crippen LogP contribution is 2.51. The highest BCUT2D eigenvalue weighted by Gasteiger charge is 2.60. The lowest BCUT2D eigenvalue weighted by Gasteiger charge is -2.46. The number of amides is 1. The van der Waals surface area contributed by atoms with Gasteiger partial charge in [-0.1, -0.05) is 6.92 Å². The summed E-state index contributed by atoms with van der Waals surface area (Å²) in [6, 6.07) is 5.43. The van der Waals surface area contributed by atoms with Crippen LogP contribution in [0.5, 0.6) is 0 Å². The van der Waals surface area contributed by atoms with Crippen molar-refractivity contribution in [2.75, 3.05) is 0 Å². The zero-order valence-corrected chi connectivity index (χ0v) is 20.1. The molecule has 0 saturated carbocycles. The maximum absolute atomic E-state index is 13.2. The number of β-lactam (4-membered cyclic amide) rings is 1. The van der Waals surface area contributed by atoms with E-state index >= 15 is 0 Å². The standard InChI is InChI=1S/C22H26N5O6S/c1-12-18-17(13(2)28)21(29)26(18)19(20(12)34-10-16-24(3)11-23-25(16)4)22(30)33-9-14-5-7-15(8-6-14)27(31)32/h5-8,11-13,17-18,28H,9-10H2,1-4H3/q+1/t12-,13-,17-,18-/m1/s1. The summed E-state index contributed by atoms with van der Waals surface area (Å²) in [7, 11) is 3.72. The Hall–Kier alpha value is -3.25. The van der Waals surface area contributed by atoms with Crippen LogP contribution in [-0.4, -0.2) is 48.7 Å². The highest BCUT2D eigenvalue weighted by atomic mass is 32.2. The Bertz CT molecular complexity index is 1160. The number of benzene rings is 1. The number of non-ortho nitro benzene ring substituents is 1. The largest absolute Gasteiger partial charge is 0.456 e. The van der Waals surface area contributed by atoms with Crippen LogP contribution in [0.15, 0.2) is 41.2 Å². The number of esters is 1. The van der Waals surface area contributed by atoms with Gasteiger partial charge in [0.25, 0.3) is 12.0 Å². The minimum atomic E-state index is -0.826. The van der Waals surface area contributed by atoms with Gasteiger partial charge < -0.3 is 14.7 Å². The molecule has 1 fully saturated rings. The number of carbonyl (C=O) groups is 2. The Morgan fingerprint density at radius 3 is 2.62 bits per heavy atom. The zero-order valence-electron chi connectivity index (χ0n) is 19.2. The number of ether oxygens (including phenoxy) is 1. The molecular weight excluding hydrogens is 462 g/mol. The average Bonchev–Trinajstić information content (AvgIpc) is 3.23. The van der Waals surface area contributed by atoms with Crippen LogP contribution in [-0.2, 0) is 40.8 Å². The van der Waals surface area contributed by atoms with Crippen molar-refractivity contribution >= 4 is 29.3 Å². The Morgan fingerprint density at radius 1 is 1.38 bits per heavy atom. The zero-order chi connectivity index (χ0) is 24.7. The number of rotatable bonds is 8. The molecule has 1 amide bonds. The molecule has 2 aliphatic rings. The molecule has 0 bridgehead atoms. The normalized spacial score (nSPS) is 22.4. The van der Waals surface area contributed by atoms with E-state index in [2.05, 4.69) is 5.10 Å². The van der Waals surface area contributed by atoms with Crippen LogP contribution < -0.4 is 4.57 Å². The lowest BCUT2D eigenvalue weighted by Crippen LogP contribution is -2.63. The Morgan fingerprint density at radius 2 is 2.06 bits per heavy atom. The number of thioether (sulfide) groups is 1. The number of aromatic nitrogens is 3. The van der Waals surface area contributed by atoms with Crippen molar-refractivity contribution in [3.63, 3.8) is 0 Å². The van der Waals surface area contributed by atoms with Crippen LogP contribution in [0.1, 0.15) is 25.2 Å². The Kier molecular flexibility index (Phi) is 6.45. The summed E-state index contributed by atoms with van der Waals surface area (Å²) in [6.07, 6.45) is 0.870. The van der Waals surface area contributed by atoms with Crippen molar-refractivity contribution in [2.24, 2.45) is 25.9 Å². The van der Waals surface area contributed by atoms with E-state index in [-0.39, 0.29) is 35.9 Å². The molecule has 1 aromatic carbocycles. The van der Waals surface area contributed by atoms with E-state index in [1.807, 2.05) is 25.6 Å². The van der Waals surface area contributed by atoms with Gasteiger partial charge in [-0.15, -0.1) is 16.4 Å². The second-order valence-electron chi connectivity index (χ2n) is 8.54. The molecule has 34 heavy (non-hydrogen) atoms. The summed E-state index contributed by atoms with van der Waals surface area (Å²) in [4.78, 5) is 38.5. The predicted octanol–water partition coefficient (Wildman–Crippen LogP) is 1.20. The maximum atomic E-state index is 13.2. The number of hydrogen-bond acceptors (Lipinski definition) is 8. The molecule has 4 rings (SSSR count). The number of nitro benzene ring substituents is 1. The smallest absolute Gasteiger partial charge is 0.356 e. The first-order chi connectivity index (χ1) is 16.1. The van der Waals surface area contributed by atoms with Gasteiger partial charge >= 0.3 is 5.97 Å². The third kappa shape index (κ3) is 4.07. The van der Waals surface area contributed by atoms with Gasteiger partial charge in [0.2, 0.25) is 11.7 Å². The second kappa shape index (κ2) is 9.18. The highest BCUT2D eigenvalue weighted by molar-refractivity contribution is 8.02. The van der Waals surface area contributed by atoms with Crippen LogP contribution in [0.4, 0.5) is 5.69 Å². The molecule has 1 N–H and O–H groups in total. The van der Waals surface area contributed by atoms with Gasteiger partial charge in [0, 0.05) is 28.1 Å². The third-order valence-corrected chi connectivity index (χ3v) is 7.63. The molecule has 4 atom stereocenters. The van der Waals surface area contributed by atoms with Gasteiger partial charge in [-0.25, -0.2) is 9.36 Å². The minimum absolute atomic E-state index is 0.0531. The molecule has 12 heteroatoms. The summed E-state index contributed by atoms with van der Waals surface area (Å²) in [6.45, 7) is 3.44. The minimum Gasteiger partial charge on any atom is -0.456 e. The number of nitrogens with zero attached hydrogens (tertiary/aromatic N) is 5. The molecule has 3 heterocycles. The molecule has 0 unspecified atom stereocenters. The van der Waals surface area contributed by atoms with Crippen molar-refractivity contribution in [3.05, 3.63) is 62.7 Å². The molecular formula is C22H26N5O6S+. The topological polar surface area (TPSA) is 132 Å². The van der Waals surface area contributed by atoms with Gasteiger partial charge in [-0.3, -0.25) is 14.9 Å². The van der Waals surface area contributed by atoms with Crippen molar-refractivity contribution in [2.45, 2.75) is 38.4 Å². The number of aliphatic hydroxyl groups is 1. The second-order valence-corrected chi connectivity index (χ2v) is 9.55. The van der Waals surface area contributed by atoms with Gasteiger partial charge in [0.05, 0.1) is 42.8 Å². The van der Waals surface area contributed by atoms with Gasteiger partial charge in [-0.2, -0.15) is 0 Å². The van der Waals surface area contributed by atoms with Gasteiger partial charge in [0.15, 0.2) is 0 Å². The number of fused-ring (bicyclic) bond motifs is 1. The maximum Gasteiger partial charge on any atom is 0.356 e. The first kappa shape index (κ1) is 23.9. The molecule has 1 saturated heterocycles. The molecule has 1 aromatic heterocycles. The fourth-order valence-electron chi connectivity index (χ4n) is 4.49. The van der Waals surface area contributed by atoms with E-state index in [0.29, 0.717) is 11.3 Å². The van der Waals surface area contributed by atoms with Crippen LogP contribution in [0.2, 0.25) is 0 Å². The van der Waals surface area contributed by atoms with E-state index in [9.17, 15) is 24.8 Å². The van der Waals surface area contributed by atoms with Crippen LogP contribution in [0.3, 0.4) is 0 Å². The quantitative estimate of drug-likeness (QED) is 0.193. The van der Waals surface area contributed by atoms with E-state index in [4.69, 9.17) is 4.74 Å². The van der Waals surface area contributed by atoms with Gasteiger partial charge in [0.1, 0.15) is 12.3 Å². The first-order valence-corrected chi connectivity index (χ1v) is 11.8. The number of aryl methyl sites for hydroxylation is 2. The summed E-state index contributed by atoms with van der Waals surface area (Å²) >= 11 is 1.45. The summed E-state index contributed by atoms with van der Waals surface area (Å²) < 4.78 is 9.15. The van der Waals surface area contributed by atoms with Gasteiger partial charge in [-0.05, 0) is 24.6 Å². The summed E-state index contributed by atoms with van der Waals surface area (Å²) in [5, 5.41) is 25.2. The first-order valence-electron chi connectivity index (χ1n) is 10.8. The number of nitro groups is 1. The SMILES string of the molecule is C[C@@H](O)[C@H]1C(=O)N2C(C(=O)OCc3ccc([N+](=O)[O-])cc3)=C(SCc3n(C)nc[n+]3C)[C@H](C)[C@H]12. The molecule has 2 aromatic rings. The molecule has 0 spiro atoms. The van der Waals surface area contributed by atoms with Crippen LogP contribution in [0, 0.1) is 22.0 Å². The van der Waals surface area contributed by atoms with E-state index in [1.54, 1.807) is 17.9 Å². The average molecular weight is 489 g/mol. The van der Waals surface area contributed by atoms with Crippen molar-refractivity contribution in [3.8, 4) is 0 Å². The number of aliphatic hydroxyl groups excluding tert-OH is 1. The molecule has 0 radical (unpaired) electrons. The molecule has 2 aliphatic heterocycles. The molecule has 0 aliphatic carbocycles. The monoisotopic (exact) mass is 488 g/mol. The Labute approximate surface area is 200 Å². The Balaban J connectivity index is 1.57. The third-order valence-electron chi connectivity index (χ3n) is 6.35. The molecule has 180 valence electrons. The van der Waals surface area contributed by atoms with Crippen molar-refractivity contribution in [1.29, 1.82) is 0 Å². The van der Waals surface area contributed by atoms with E-state index < -0.39 is 22.9 Å². The summed E-state index contributed by atoms with van der Waals surface area (Å²) in [5.74, 6) is -0.199. The molecule has 11 nitrogen and oxygen atoms in total. The van der Waals surface area contributed by atoms with Crippen LogP contribution in [0.25, 0.3) is 0 Å². The fraction of sp³-hybridized carbons (Fsp3) is 0.455. The lowest BCUT2D eigenvalue weighted by molar-refractivity contribution is -0.678. The van der Waals surface area contributed by atoms with Crippen molar-refractivity contribution < 1.29 is 28.9 Å². The fourth-order valence-corrected chi connectivity index (χ4v) is 5.89. The van der Waals surface area contributed by atoms with Crippen molar-refractivity contribution in [1.82, 2.24) is 14.7 Å². The van der Waals surface area contributed by atoms with E-state index in [1.165, 1.54) is 40.9 Å². The number of hydrogen-bond donors (Lipinski definition) is 1. The summed E-state index contributed by atoms with van der Waals surface area (Å²) in [5.41, 5.74) is 0.744. The van der Waals surface area contributed by atoms with E-state index in [0.717, 1.165) is 10.7 Å².